The lowest BCUT2D eigenvalue weighted by Gasteiger charge is -2.12. The molecule has 0 spiro atoms. The minimum absolute atomic E-state index is 0.105. The molecule has 0 radical (unpaired) electrons. The van der Waals surface area contributed by atoms with Gasteiger partial charge in [-0.3, -0.25) is 9.59 Å². The topological polar surface area (TPSA) is 67.4 Å². The Hall–Kier alpha value is -2.82. The molecule has 0 aromatic heterocycles. The first-order chi connectivity index (χ1) is 13.0. The van der Waals surface area contributed by atoms with E-state index in [2.05, 4.69) is 17.6 Å². The van der Waals surface area contributed by atoms with Crippen LogP contribution in [0.4, 0.5) is 5.69 Å². The molecule has 0 saturated heterocycles. The van der Waals surface area contributed by atoms with Gasteiger partial charge in [0.15, 0.2) is 0 Å². The first-order valence-corrected chi connectivity index (χ1v) is 9.48. The third-order valence-electron chi connectivity index (χ3n) is 4.26. The molecule has 144 valence electrons. The maximum atomic E-state index is 12.4. The number of hydrogen-bond donors (Lipinski definition) is 2. The van der Waals surface area contributed by atoms with Gasteiger partial charge in [0.2, 0.25) is 0 Å². The van der Waals surface area contributed by atoms with Crippen molar-refractivity contribution in [2.24, 2.45) is 0 Å². The summed E-state index contributed by atoms with van der Waals surface area (Å²) in [6.07, 6.45) is 2.94. The maximum Gasteiger partial charge on any atom is 0.255 e. The molecule has 0 fully saturated rings. The molecule has 0 heterocycles. The fraction of sp³-hybridized carbons (Fsp3) is 0.364. The van der Waals surface area contributed by atoms with Crippen LogP contribution >= 0.6 is 0 Å². The third kappa shape index (κ3) is 6.44. The summed E-state index contributed by atoms with van der Waals surface area (Å²) in [6.45, 7) is 6.76. The number of ether oxygens (including phenoxy) is 1. The second kappa shape index (κ2) is 10.4. The van der Waals surface area contributed by atoms with Gasteiger partial charge >= 0.3 is 0 Å². The molecule has 0 saturated carbocycles. The number of carbonyl (C=O) groups excluding carboxylic acids is 2. The Morgan fingerprint density at radius 2 is 1.74 bits per heavy atom. The van der Waals surface area contributed by atoms with Crippen LogP contribution in [0.5, 0.6) is 5.75 Å². The number of carbonyl (C=O) groups is 2. The summed E-state index contributed by atoms with van der Waals surface area (Å²) in [4.78, 5) is 24.7. The van der Waals surface area contributed by atoms with E-state index < -0.39 is 0 Å². The van der Waals surface area contributed by atoms with Crippen LogP contribution in [-0.2, 0) is 0 Å². The maximum absolute atomic E-state index is 12.4. The number of amides is 2. The van der Waals surface area contributed by atoms with Crippen LogP contribution < -0.4 is 15.4 Å². The van der Waals surface area contributed by atoms with Crippen molar-refractivity contribution in [2.45, 2.75) is 46.1 Å². The highest BCUT2D eigenvalue weighted by atomic mass is 16.5. The summed E-state index contributed by atoms with van der Waals surface area (Å²) in [5.41, 5.74) is 1.64. The average Bonchev–Trinajstić information content (AvgIpc) is 2.68. The van der Waals surface area contributed by atoms with E-state index in [9.17, 15) is 9.59 Å². The zero-order valence-electron chi connectivity index (χ0n) is 16.2. The van der Waals surface area contributed by atoms with Crippen molar-refractivity contribution in [3.05, 3.63) is 59.7 Å². The number of nitrogens with one attached hydrogen (secondary N) is 2. The minimum Gasteiger partial charge on any atom is -0.494 e. The van der Waals surface area contributed by atoms with E-state index in [1.807, 2.05) is 13.8 Å². The number of hydrogen-bond acceptors (Lipinski definition) is 3. The summed E-state index contributed by atoms with van der Waals surface area (Å²) in [5, 5.41) is 5.75. The Balaban J connectivity index is 1.99. The van der Waals surface area contributed by atoms with Gasteiger partial charge in [0.1, 0.15) is 5.75 Å². The van der Waals surface area contributed by atoms with E-state index in [1.165, 1.54) is 0 Å². The highest BCUT2D eigenvalue weighted by molar-refractivity contribution is 6.05. The number of rotatable bonds is 9. The number of benzene rings is 2. The van der Waals surface area contributed by atoms with E-state index >= 15 is 0 Å². The number of unbranched alkanes of at least 4 members (excludes halogenated alkanes) is 1. The van der Waals surface area contributed by atoms with Gasteiger partial charge in [-0.05, 0) is 62.2 Å². The van der Waals surface area contributed by atoms with Gasteiger partial charge in [-0.15, -0.1) is 0 Å². The number of anilines is 1. The van der Waals surface area contributed by atoms with E-state index in [1.54, 1.807) is 48.5 Å². The highest BCUT2D eigenvalue weighted by Gasteiger charge is 2.11. The van der Waals surface area contributed by atoms with Gasteiger partial charge in [-0.2, -0.15) is 0 Å². The van der Waals surface area contributed by atoms with E-state index in [-0.39, 0.29) is 17.9 Å². The molecule has 1 unspecified atom stereocenters. The molecular formula is C22H28N2O3. The molecule has 0 aliphatic carbocycles. The van der Waals surface area contributed by atoms with E-state index in [0.29, 0.717) is 23.4 Å². The van der Waals surface area contributed by atoms with Crippen molar-refractivity contribution >= 4 is 17.5 Å². The summed E-state index contributed by atoms with van der Waals surface area (Å²) >= 11 is 0. The molecule has 27 heavy (non-hydrogen) atoms. The fourth-order valence-corrected chi connectivity index (χ4v) is 2.39. The van der Waals surface area contributed by atoms with Gasteiger partial charge in [-0.25, -0.2) is 0 Å². The minimum atomic E-state index is -0.227. The van der Waals surface area contributed by atoms with Crippen molar-refractivity contribution in [2.75, 3.05) is 11.9 Å². The normalized spacial score (nSPS) is 11.5. The molecule has 1 atom stereocenters. The monoisotopic (exact) mass is 368 g/mol. The van der Waals surface area contributed by atoms with Gasteiger partial charge in [0.05, 0.1) is 6.61 Å². The molecule has 5 nitrogen and oxygen atoms in total. The second-order valence-corrected chi connectivity index (χ2v) is 6.54. The highest BCUT2D eigenvalue weighted by Crippen LogP contribution is 2.16. The average molecular weight is 368 g/mol. The molecular weight excluding hydrogens is 340 g/mol. The van der Waals surface area contributed by atoms with Crippen LogP contribution in [-0.4, -0.2) is 24.5 Å². The first kappa shape index (κ1) is 20.5. The summed E-state index contributed by atoms with van der Waals surface area (Å²) in [7, 11) is 0. The lowest BCUT2D eigenvalue weighted by molar-refractivity contribution is 0.0938. The van der Waals surface area contributed by atoms with Gasteiger partial charge in [0.25, 0.3) is 11.8 Å². The van der Waals surface area contributed by atoms with Crippen molar-refractivity contribution < 1.29 is 14.3 Å². The van der Waals surface area contributed by atoms with Crippen LogP contribution in [0.15, 0.2) is 48.5 Å². The molecule has 2 aromatic carbocycles. The third-order valence-corrected chi connectivity index (χ3v) is 4.26. The Bertz CT molecular complexity index is 756. The molecule has 2 rings (SSSR count). The molecule has 0 aliphatic heterocycles. The second-order valence-electron chi connectivity index (χ2n) is 6.54. The van der Waals surface area contributed by atoms with Crippen molar-refractivity contribution in [1.29, 1.82) is 0 Å². The zero-order chi connectivity index (χ0) is 19.6. The predicted molar refractivity (Wildman–Crippen MR) is 108 cm³/mol. The van der Waals surface area contributed by atoms with Crippen LogP contribution in [0.1, 0.15) is 60.7 Å². The van der Waals surface area contributed by atoms with Crippen molar-refractivity contribution in [3.8, 4) is 5.75 Å². The van der Waals surface area contributed by atoms with Gasteiger partial charge in [-0.1, -0.05) is 26.3 Å². The molecule has 0 aliphatic rings. The van der Waals surface area contributed by atoms with Crippen LogP contribution in [0, 0.1) is 0 Å². The first-order valence-electron chi connectivity index (χ1n) is 9.48. The largest absolute Gasteiger partial charge is 0.494 e. The SMILES string of the molecule is CCCCOc1ccc(C(=O)Nc2cccc(C(=O)NC(C)CC)c2)cc1. The van der Waals surface area contributed by atoms with E-state index in [4.69, 9.17) is 4.74 Å². The smallest absolute Gasteiger partial charge is 0.255 e. The summed E-state index contributed by atoms with van der Waals surface area (Å²) in [5.74, 6) is 0.382. The summed E-state index contributed by atoms with van der Waals surface area (Å²) < 4.78 is 5.61. The molecule has 2 aromatic rings. The Kier molecular flexibility index (Phi) is 7.86. The zero-order valence-corrected chi connectivity index (χ0v) is 16.2. The van der Waals surface area contributed by atoms with Crippen LogP contribution in [0.25, 0.3) is 0 Å². The quantitative estimate of drug-likeness (QED) is 0.633. The molecule has 5 heteroatoms. The fourth-order valence-electron chi connectivity index (χ4n) is 2.39. The van der Waals surface area contributed by atoms with Gasteiger partial charge < -0.3 is 15.4 Å². The lowest BCUT2D eigenvalue weighted by Crippen LogP contribution is -2.31. The molecule has 2 N–H and O–H groups in total. The Labute approximate surface area is 161 Å². The molecule has 0 bridgehead atoms. The van der Waals surface area contributed by atoms with Crippen LogP contribution in [0.2, 0.25) is 0 Å². The Morgan fingerprint density at radius 3 is 2.41 bits per heavy atom. The standard InChI is InChI=1S/C22H28N2O3/c1-4-6-14-27-20-12-10-17(11-13-20)21(25)24-19-9-7-8-18(15-19)22(26)23-16(3)5-2/h7-13,15-16H,4-6,14H2,1-3H3,(H,23,26)(H,24,25). The summed E-state index contributed by atoms with van der Waals surface area (Å²) in [6, 6.07) is 14.1. The van der Waals surface area contributed by atoms with Gasteiger partial charge in [0, 0.05) is 22.9 Å². The van der Waals surface area contributed by atoms with Crippen LogP contribution in [0.3, 0.4) is 0 Å². The van der Waals surface area contributed by atoms with Crippen molar-refractivity contribution in [3.63, 3.8) is 0 Å². The predicted octanol–water partition coefficient (Wildman–Crippen LogP) is 4.65. The lowest BCUT2D eigenvalue weighted by atomic mass is 10.1. The molecule has 2 amide bonds. The van der Waals surface area contributed by atoms with E-state index in [0.717, 1.165) is 25.0 Å². The Morgan fingerprint density at radius 1 is 1.00 bits per heavy atom. The van der Waals surface area contributed by atoms with Crippen molar-refractivity contribution in [1.82, 2.24) is 5.32 Å².